The fourth-order valence-corrected chi connectivity index (χ4v) is 6.20. The first-order chi connectivity index (χ1) is 17.0. The van der Waals surface area contributed by atoms with Crippen molar-refractivity contribution in [3.05, 3.63) is 48.2 Å². The number of nitrogens with zero attached hydrogens (tertiary/aromatic N) is 3. The summed E-state index contributed by atoms with van der Waals surface area (Å²) in [5.41, 5.74) is 0.536. The highest BCUT2D eigenvalue weighted by molar-refractivity contribution is 7.89. The van der Waals surface area contributed by atoms with E-state index >= 15 is 0 Å². The number of anilines is 1. The summed E-state index contributed by atoms with van der Waals surface area (Å²) in [6.45, 7) is 8.85. The van der Waals surface area contributed by atoms with E-state index in [-0.39, 0.29) is 16.4 Å². The third-order valence-electron chi connectivity index (χ3n) is 8.13. The first-order valence-corrected chi connectivity index (χ1v) is 14.0. The molecule has 0 spiro atoms. The van der Waals surface area contributed by atoms with E-state index in [0.29, 0.717) is 25.9 Å². The summed E-state index contributed by atoms with van der Waals surface area (Å²) in [6, 6.07) is 13.2. The summed E-state index contributed by atoms with van der Waals surface area (Å²) >= 11 is 0. The van der Waals surface area contributed by atoms with Crippen molar-refractivity contribution in [3.63, 3.8) is 0 Å². The highest BCUT2D eigenvalue weighted by Crippen LogP contribution is 2.47. The molecule has 190 valence electrons. The van der Waals surface area contributed by atoms with Crippen LogP contribution in [0.2, 0.25) is 0 Å². The maximum Gasteiger partial charge on any atom is 0.494 e. The maximum atomic E-state index is 13.3. The van der Waals surface area contributed by atoms with Gasteiger partial charge in [-0.2, -0.15) is 9.57 Å². The van der Waals surface area contributed by atoms with E-state index in [9.17, 15) is 13.7 Å². The maximum absolute atomic E-state index is 13.3. The summed E-state index contributed by atoms with van der Waals surface area (Å²) in [7, 11) is -4.11. The number of piperidine rings is 1. The summed E-state index contributed by atoms with van der Waals surface area (Å²) in [5.74, 6) is 0.757. The van der Waals surface area contributed by atoms with Gasteiger partial charge in [0.15, 0.2) is 0 Å². The molecule has 0 atom stereocenters. The second-order valence-corrected chi connectivity index (χ2v) is 13.0. The minimum Gasteiger partial charge on any atom is -0.399 e. The zero-order valence-electron chi connectivity index (χ0n) is 21.3. The molecule has 0 bridgehead atoms. The van der Waals surface area contributed by atoms with Gasteiger partial charge in [-0.05, 0) is 82.6 Å². The van der Waals surface area contributed by atoms with Gasteiger partial charge in [-0.3, -0.25) is 0 Å². The lowest BCUT2D eigenvalue weighted by molar-refractivity contribution is 0.00578. The van der Waals surface area contributed by atoms with Crippen LogP contribution in [0.5, 0.6) is 0 Å². The van der Waals surface area contributed by atoms with Gasteiger partial charge in [-0.15, -0.1) is 0 Å². The predicted octanol–water partition coefficient (Wildman–Crippen LogP) is 3.20. The van der Waals surface area contributed by atoms with Crippen LogP contribution in [0.15, 0.2) is 47.5 Å². The Morgan fingerprint density at radius 1 is 1.03 bits per heavy atom. The minimum absolute atomic E-state index is 0.145. The van der Waals surface area contributed by atoms with Crippen LogP contribution in [0.3, 0.4) is 0 Å². The van der Waals surface area contributed by atoms with E-state index in [4.69, 9.17) is 9.31 Å². The number of sulfonamides is 1. The van der Waals surface area contributed by atoms with Gasteiger partial charge in [0.05, 0.1) is 27.6 Å². The molecule has 1 N–H and O–H groups in total. The predicted molar refractivity (Wildman–Crippen MR) is 138 cm³/mol. The van der Waals surface area contributed by atoms with Crippen LogP contribution in [0, 0.1) is 11.3 Å². The third-order valence-corrected chi connectivity index (χ3v) is 10.0. The normalized spacial score (nSPS) is 23.2. The van der Waals surface area contributed by atoms with Crippen LogP contribution < -0.4 is 10.8 Å². The molecule has 0 radical (unpaired) electrons. The van der Waals surface area contributed by atoms with Crippen molar-refractivity contribution in [3.8, 4) is 6.07 Å². The average Bonchev–Trinajstić information content (AvgIpc) is 3.61. The molecule has 2 aromatic rings. The number of benzene rings is 1. The van der Waals surface area contributed by atoms with Crippen molar-refractivity contribution in [2.24, 2.45) is 0 Å². The van der Waals surface area contributed by atoms with Crippen molar-refractivity contribution < 1.29 is 17.7 Å². The lowest BCUT2D eigenvalue weighted by Gasteiger charge is -2.32. The van der Waals surface area contributed by atoms with E-state index in [1.807, 2.05) is 39.8 Å². The van der Waals surface area contributed by atoms with Crippen LogP contribution in [0.1, 0.15) is 58.9 Å². The van der Waals surface area contributed by atoms with Crippen molar-refractivity contribution in [1.29, 1.82) is 5.26 Å². The van der Waals surface area contributed by atoms with Crippen LogP contribution in [0.25, 0.3) is 0 Å². The molecule has 8 nitrogen and oxygen atoms in total. The molecular formula is C26H33BN4O4S. The number of nitriles is 1. The molecule has 3 fully saturated rings. The molecule has 1 aromatic heterocycles. The molecule has 1 aromatic carbocycles. The van der Waals surface area contributed by atoms with Gasteiger partial charge in [0.1, 0.15) is 5.82 Å². The van der Waals surface area contributed by atoms with Crippen molar-refractivity contribution in [2.45, 2.75) is 80.9 Å². The molecule has 36 heavy (non-hydrogen) atoms. The molecule has 1 saturated carbocycles. The zero-order chi connectivity index (χ0) is 25.8. The second kappa shape index (κ2) is 8.84. The smallest absolute Gasteiger partial charge is 0.399 e. The lowest BCUT2D eigenvalue weighted by atomic mass is 9.79. The molecule has 5 rings (SSSR count). The molecule has 3 heterocycles. The highest BCUT2D eigenvalue weighted by atomic mass is 32.2. The van der Waals surface area contributed by atoms with E-state index in [2.05, 4.69) is 16.4 Å². The van der Waals surface area contributed by atoms with Crippen LogP contribution >= 0.6 is 0 Å². The average molecular weight is 508 g/mol. The van der Waals surface area contributed by atoms with Gasteiger partial charge in [-0.25, -0.2) is 13.4 Å². The summed E-state index contributed by atoms with van der Waals surface area (Å²) in [4.78, 5) is 4.76. The van der Waals surface area contributed by atoms with Crippen LogP contribution in [-0.2, 0) is 24.7 Å². The van der Waals surface area contributed by atoms with Gasteiger partial charge < -0.3 is 14.6 Å². The third kappa shape index (κ3) is 4.54. The monoisotopic (exact) mass is 508 g/mol. The molecule has 1 aliphatic carbocycles. The number of rotatable bonds is 6. The summed E-state index contributed by atoms with van der Waals surface area (Å²) in [6.07, 6.45) is 4.96. The van der Waals surface area contributed by atoms with Crippen molar-refractivity contribution >= 4 is 28.4 Å². The van der Waals surface area contributed by atoms with Gasteiger partial charge >= 0.3 is 7.12 Å². The first-order valence-electron chi connectivity index (χ1n) is 12.6. The van der Waals surface area contributed by atoms with Gasteiger partial charge in [0.25, 0.3) is 0 Å². The van der Waals surface area contributed by atoms with Crippen molar-refractivity contribution in [1.82, 2.24) is 9.29 Å². The molecule has 3 aliphatic rings. The Labute approximate surface area is 214 Å². The molecular weight excluding hydrogens is 475 g/mol. The van der Waals surface area contributed by atoms with E-state index < -0.39 is 28.3 Å². The number of aromatic nitrogens is 1. The Morgan fingerprint density at radius 2 is 1.64 bits per heavy atom. The van der Waals surface area contributed by atoms with E-state index in [0.717, 1.165) is 29.7 Å². The Hall–Kier alpha value is -2.45. The Morgan fingerprint density at radius 3 is 2.14 bits per heavy atom. The SMILES string of the molecule is CC1(C)OB(c2ccc(S(=O)(=O)N3CCC(Nc4ccc(C5(C#N)CC5)cn4)CC3)cc2)OC1(C)C. The van der Waals surface area contributed by atoms with Crippen molar-refractivity contribution in [2.75, 3.05) is 18.4 Å². The fraction of sp³-hybridized carbons (Fsp3) is 0.538. The lowest BCUT2D eigenvalue weighted by Crippen LogP contribution is -2.42. The van der Waals surface area contributed by atoms with Gasteiger partial charge in [0, 0.05) is 25.3 Å². The van der Waals surface area contributed by atoms with Crippen LogP contribution in [-0.4, -0.2) is 55.2 Å². The van der Waals surface area contributed by atoms with Gasteiger partial charge in [0.2, 0.25) is 10.0 Å². The Kier molecular flexibility index (Phi) is 6.19. The summed E-state index contributed by atoms with van der Waals surface area (Å²) < 4.78 is 40.2. The van der Waals surface area contributed by atoms with Gasteiger partial charge in [-0.1, -0.05) is 18.2 Å². The van der Waals surface area contributed by atoms with E-state index in [1.165, 1.54) is 0 Å². The number of hydrogen-bond donors (Lipinski definition) is 1. The topological polar surface area (TPSA) is 105 Å². The second-order valence-electron chi connectivity index (χ2n) is 11.1. The Balaban J connectivity index is 1.18. The quantitative estimate of drug-likeness (QED) is 0.598. The summed E-state index contributed by atoms with van der Waals surface area (Å²) in [5, 5.41) is 12.8. The zero-order valence-corrected chi connectivity index (χ0v) is 22.1. The molecule has 2 aliphatic heterocycles. The number of hydrogen-bond acceptors (Lipinski definition) is 7. The molecule has 10 heteroatoms. The minimum atomic E-state index is -3.58. The Bertz CT molecular complexity index is 1240. The molecule has 2 saturated heterocycles. The first kappa shape index (κ1) is 25.2. The highest BCUT2D eigenvalue weighted by Gasteiger charge is 2.51. The number of pyridine rings is 1. The fourth-order valence-electron chi connectivity index (χ4n) is 4.73. The van der Waals surface area contributed by atoms with Crippen LogP contribution in [0.4, 0.5) is 5.82 Å². The van der Waals surface area contributed by atoms with E-state index in [1.54, 1.807) is 34.8 Å². The molecule has 0 amide bonds. The molecule has 0 unspecified atom stereocenters. The standard InChI is InChI=1S/C26H33BN4O4S/c1-24(2)25(3,4)35-27(34-24)20-6-8-22(9-7-20)36(32,33)31-15-11-21(12-16-31)30-23-10-5-19(17-29-23)26(18-28)13-14-26/h5-10,17,21H,11-16H2,1-4H3,(H,29,30). The largest absolute Gasteiger partial charge is 0.494 e. The number of nitrogens with one attached hydrogen (secondary N) is 1.